The van der Waals surface area contributed by atoms with Gasteiger partial charge in [-0.25, -0.2) is 9.78 Å². The van der Waals surface area contributed by atoms with Crippen LogP contribution in [-0.2, 0) is 0 Å². The Hall–Kier alpha value is -2.04. The number of hydrogen-bond donors (Lipinski definition) is 1. The summed E-state index contributed by atoms with van der Waals surface area (Å²) in [4.78, 5) is 19.0. The third kappa shape index (κ3) is 2.73. The van der Waals surface area contributed by atoms with Crippen molar-refractivity contribution in [2.24, 2.45) is 5.92 Å². The third-order valence-electron chi connectivity index (χ3n) is 3.94. The van der Waals surface area contributed by atoms with E-state index in [1.165, 1.54) is 0 Å². The number of amides is 1. The van der Waals surface area contributed by atoms with Gasteiger partial charge < -0.3 is 10.2 Å². The fraction of sp³-hybridized carbons (Fsp3) is 0.500. The van der Waals surface area contributed by atoms with Crippen LogP contribution in [0.15, 0.2) is 24.5 Å². The lowest BCUT2D eigenvalue weighted by Gasteiger charge is -2.09. The third-order valence-corrected chi connectivity index (χ3v) is 3.94. The minimum absolute atomic E-state index is 0.103. The van der Waals surface area contributed by atoms with E-state index in [2.05, 4.69) is 42.0 Å². The van der Waals surface area contributed by atoms with E-state index in [-0.39, 0.29) is 6.03 Å². The summed E-state index contributed by atoms with van der Waals surface area (Å²) in [7, 11) is 0. The van der Waals surface area contributed by atoms with Crippen molar-refractivity contribution in [2.45, 2.75) is 33.2 Å². The average Bonchev–Trinajstić information content (AvgIpc) is 3.00. The van der Waals surface area contributed by atoms with E-state index in [1.54, 1.807) is 10.9 Å². The highest BCUT2D eigenvalue weighted by Crippen LogP contribution is 2.33. The van der Waals surface area contributed by atoms with Gasteiger partial charge in [0.2, 0.25) is 0 Å². The summed E-state index contributed by atoms with van der Waals surface area (Å²) >= 11 is 0. The summed E-state index contributed by atoms with van der Waals surface area (Å²) in [6.07, 6.45) is 2.60. The zero-order chi connectivity index (χ0) is 15.0. The Morgan fingerprint density at radius 3 is 2.90 bits per heavy atom. The standard InChI is InChI=1S/C16H22N4O/c1-11(2)7-8-17-16(21)20-10-18-15-13(19-9-12(19)3)5-4-6-14(15)20/h4-6,10-12H,7-9H2,1-3H3,(H,17,21). The number of anilines is 1. The highest BCUT2D eigenvalue weighted by molar-refractivity contribution is 5.96. The van der Waals surface area contributed by atoms with Crippen LogP contribution >= 0.6 is 0 Å². The fourth-order valence-electron chi connectivity index (χ4n) is 2.54. The lowest BCUT2D eigenvalue weighted by atomic mass is 10.1. The molecule has 112 valence electrons. The molecule has 1 fully saturated rings. The normalized spacial score (nSPS) is 17.5. The summed E-state index contributed by atoms with van der Waals surface area (Å²) in [5.74, 6) is 0.584. The van der Waals surface area contributed by atoms with Crippen LogP contribution in [0.1, 0.15) is 27.2 Å². The van der Waals surface area contributed by atoms with E-state index < -0.39 is 0 Å². The maximum Gasteiger partial charge on any atom is 0.327 e. The molecule has 21 heavy (non-hydrogen) atoms. The minimum atomic E-state index is -0.103. The van der Waals surface area contributed by atoms with Gasteiger partial charge in [0.05, 0.1) is 11.2 Å². The van der Waals surface area contributed by atoms with Crippen molar-refractivity contribution < 1.29 is 4.79 Å². The Labute approximate surface area is 125 Å². The van der Waals surface area contributed by atoms with E-state index in [0.717, 1.165) is 29.7 Å². The van der Waals surface area contributed by atoms with E-state index in [4.69, 9.17) is 0 Å². The molecule has 1 unspecified atom stereocenters. The van der Waals surface area contributed by atoms with E-state index in [0.29, 0.717) is 18.5 Å². The van der Waals surface area contributed by atoms with Gasteiger partial charge in [-0.05, 0) is 31.4 Å². The average molecular weight is 286 g/mol. The molecule has 0 radical (unpaired) electrons. The SMILES string of the molecule is CC(C)CCNC(=O)n1cnc2c(N3CC3C)cccc21. The summed E-state index contributed by atoms with van der Waals surface area (Å²) in [6.45, 7) is 8.24. The summed E-state index contributed by atoms with van der Waals surface area (Å²) in [5, 5.41) is 2.95. The molecular weight excluding hydrogens is 264 g/mol. The maximum atomic E-state index is 12.3. The molecule has 5 nitrogen and oxygen atoms in total. The Balaban J connectivity index is 1.82. The van der Waals surface area contributed by atoms with Gasteiger partial charge in [-0.2, -0.15) is 0 Å². The monoisotopic (exact) mass is 286 g/mol. The van der Waals surface area contributed by atoms with E-state index in [9.17, 15) is 4.79 Å². The molecule has 1 saturated heterocycles. The number of rotatable bonds is 4. The summed E-state index contributed by atoms with van der Waals surface area (Å²) in [6, 6.07) is 6.47. The summed E-state index contributed by atoms with van der Waals surface area (Å²) < 4.78 is 1.60. The number of nitrogens with one attached hydrogen (secondary N) is 1. The fourth-order valence-corrected chi connectivity index (χ4v) is 2.54. The topological polar surface area (TPSA) is 49.9 Å². The van der Waals surface area contributed by atoms with Crippen LogP contribution in [0.5, 0.6) is 0 Å². The van der Waals surface area contributed by atoms with Crippen molar-refractivity contribution in [3.8, 4) is 0 Å². The Morgan fingerprint density at radius 1 is 1.48 bits per heavy atom. The minimum Gasteiger partial charge on any atom is -0.363 e. The first-order chi connectivity index (χ1) is 10.1. The largest absolute Gasteiger partial charge is 0.363 e. The van der Waals surface area contributed by atoms with Crippen molar-refractivity contribution in [2.75, 3.05) is 18.0 Å². The Bertz CT molecular complexity index is 661. The highest BCUT2D eigenvalue weighted by Gasteiger charge is 2.31. The number of fused-ring (bicyclic) bond motifs is 1. The lowest BCUT2D eigenvalue weighted by molar-refractivity contribution is 0.242. The zero-order valence-corrected chi connectivity index (χ0v) is 12.8. The number of carbonyl (C=O) groups is 1. The van der Waals surface area contributed by atoms with Crippen molar-refractivity contribution >= 4 is 22.8 Å². The number of hydrogen-bond acceptors (Lipinski definition) is 3. The van der Waals surface area contributed by atoms with Crippen LogP contribution in [0.4, 0.5) is 10.5 Å². The second-order valence-electron chi connectivity index (χ2n) is 6.18. The number of benzene rings is 1. The highest BCUT2D eigenvalue weighted by atomic mass is 16.2. The van der Waals surface area contributed by atoms with Crippen LogP contribution in [0.2, 0.25) is 0 Å². The van der Waals surface area contributed by atoms with Crippen LogP contribution in [0, 0.1) is 5.92 Å². The second kappa shape index (κ2) is 5.39. The molecule has 0 spiro atoms. The lowest BCUT2D eigenvalue weighted by Crippen LogP contribution is -2.29. The molecule has 5 heteroatoms. The molecule has 2 aromatic rings. The molecule has 2 heterocycles. The summed E-state index contributed by atoms with van der Waals surface area (Å²) in [5.41, 5.74) is 2.89. The molecule has 1 aliphatic heterocycles. The van der Waals surface area contributed by atoms with Crippen molar-refractivity contribution in [3.05, 3.63) is 24.5 Å². The molecule has 0 saturated carbocycles. The predicted molar refractivity (Wildman–Crippen MR) is 84.8 cm³/mol. The van der Waals surface area contributed by atoms with Gasteiger partial charge in [0, 0.05) is 19.1 Å². The molecule has 1 aromatic heterocycles. The molecule has 0 bridgehead atoms. The quantitative estimate of drug-likeness (QED) is 0.879. The van der Waals surface area contributed by atoms with Gasteiger partial charge in [0.1, 0.15) is 11.8 Å². The number of nitrogens with zero attached hydrogens (tertiary/aromatic N) is 3. The molecule has 1 aliphatic rings. The maximum absolute atomic E-state index is 12.3. The van der Waals surface area contributed by atoms with Gasteiger partial charge in [-0.15, -0.1) is 0 Å². The molecule has 1 atom stereocenters. The smallest absolute Gasteiger partial charge is 0.327 e. The Kier molecular flexibility index (Phi) is 3.57. The van der Waals surface area contributed by atoms with Crippen LogP contribution in [0.3, 0.4) is 0 Å². The Morgan fingerprint density at radius 2 is 2.24 bits per heavy atom. The van der Waals surface area contributed by atoms with Gasteiger partial charge in [-0.1, -0.05) is 19.9 Å². The zero-order valence-electron chi connectivity index (χ0n) is 12.8. The van der Waals surface area contributed by atoms with Crippen LogP contribution in [0.25, 0.3) is 11.0 Å². The van der Waals surface area contributed by atoms with E-state index in [1.807, 2.05) is 12.1 Å². The molecular formula is C16H22N4O. The van der Waals surface area contributed by atoms with Gasteiger partial charge >= 0.3 is 6.03 Å². The first-order valence-electron chi connectivity index (χ1n) is 7.59. The van der Waals surface area contributed by atoms with Crippen LogP contribution < -0.4 is 10.2 Å². The number of para-hydroxylation sites is 1. The van der Waals surface area contributed by atoms with Gasteiger partial charge in [-0.3, -0.25) is 4.57 Å². The molecule has 1 amide bonds. The van der Waals surface area contributed by atoms with Gasteiger partial charge in [0.15, 0.2) is 0 Å². The number of aromatic nitrogens is 2. The van der Waals surface area contributed by atoms with Crippen molar-refractivity contribution in [1.82, 2.24) is 14.9 Å². The first kappa shape index (κ1) is 13.9. The van der Waals surface area contributed by atoms with Crippen molar-refractivity contribution in [1.29, 1.82) is 0 Å². The predicted octanol–water partition coefficient (Wildman–Crippen LogP) is 2.85. The number of carbonyl (C=O) groups excluding carboxylic acids is 1. The number of imidazole rings is 1. The van der Waals surface area contributed by atoms with Crippen molar-refractivity contribution in [3.63, 3.8) is 0 Å². The van der Waals surface area contributed by atoms with Gasteiger partial charge in [0.25, 0.3) is 0 Å². The molecule has 1 aromatic carbocycles. The molecule has 1 N–H and O–H groups in total. The van der Waals surface area contributed by atoms with E-state index >= 15 is 0 Å². The molecule has 0 aliphatic carbocycles. The van der Waals surface area contributed by atoms with Crippen LogP contribution in [-0.4, -0.2) is 34.7 Å². The first-order valence-corrected chi connectivity index (χ1v) is 7.59. The second-order valence-corrected chi connectivity index (χ2v) is 6.18. The molecule has 3 rings (SSSR count).